The molecule has 0 fully saturated rings. The molecule has 2 rings (SSSR count). The monoisotopic (exact) mass is 362 g/mol. The summed E-state index contributed by atoms with van der Waals surface area (Å²) in [6.07, 6.45) is 1.36. The van der Waals surface area contributed by atoms with E-state index in [1.165, 1.54) is 24.4 Å². The maximum Gasteiger partial charge on any atom is 0.258 e. The van der Waals surface area contributed by atoms with Crippen molar-refractivity contribution in [2.45, 2.75) is 0 Å². The number of amides is 1. The van der Waals surface area contributed by atoms with Crippen molar-refractivity contribution in [1.29, 1.82) is 0 Å². The Bertz CT molecular complexity index is 631. The zero-order chi connectivity index (χ0) is 14.0. The van der Waals surface area contributed by atoms with E-state index in [0.29, 0.717) is 0 Å². The molecule has 0 aliphatic heterocycles. The topological polar surface area (TPSA) is 42.0 Å². The number of rotatable bonds is 2. The Morgan fingerprint density at radius 2 is 1.89 bits per heavy atom. The molecule has 0 spiro atoms. The lowest BCUT2D eigenvalue weighted by molar-refractivity contribution is 0.102. The molecule has 1 amide bonds. The van der Waals surface area contributed by atoms with Gasteiger partial charge in [-0.15, -0.1) is 0 Å². The van der Waals surface area contributed by atoms with Crippen molar-refractivity contribution >= 4 is 50.7 Å². The lowest BCUT2D eigenvalue weighted by atomic mass is 10.2. The highest BCUT2D eigenvalue weighted by molar-refractivity contribution is 9.10. The number of hydrogen-bond donors (Lipinski definition) is 1. The minimum absolute atomic E-state index is 0.00977. The fourth-order valence-corrected chi connectivity index (χ4v) is 2.32. The Morgan fingerprint density at radius 1 is 1.26 bits per heavy atom. The molecule has 0 bridgehead atoms. The molecule has 19 heavy (non-hydrogen) atoms. The molecule has 0 aliphatic carbocycles. The van der Waals surface area contributed by atoms with Crippen LogP contribution in [0.2, 0.25) is 10.0 Å². The Kier molecular flexibility index (Phi) is 4.39. The van der Waals surface area contributed by atoms with E-state index in [9.17, 15) is 9.18 Å². The summed E-state index contributed by atoms with van der Waals surface area (Å²) in [5.41, 5.74) is 0.0843. The summed E-state index contributed by atoms with van der Waals surface area (Å²) in [7, 11) is 0. The van der Waals surface area contributed by atoms with Crippen LogP contribution in [0.15, 0.2) is 35.1 Å². The van der Waals surface area contributed by atoms with Crippen LogP contribution >= 0.6 is 39.1 Å². The molecule has 0 saturated carbocycles. The van der Waals surface area contributed by atoms with Crippen molar-refractivity contribution in [1.82, 2.24) is 4.98 Å². The van der Waals surface area contributed by atoms with Gasteiger partial charge < -0.3 is 5.32 Å². The first-order valence-corrected chi connectivity index (χ1v) is 6.61. The highest BCUT2D eigenvalue weighted by Crippen LogP contribution is 2.26. The van der Waals surface area contributed by atoms with Gasteiger partial charge in [0.25, 0.3) is 5.91 Å². The zero-order valence-electron chi connectivity index (χ0n) is 9.25. The second kappa shape index (κ2) is 5.86. The van der Waals surface area contributed by atoms with Crippen LogP contribution in [0.4, 0.5) is 10.1 Å². The van der Waals surface area contributed by atoms with Crippen LogP contribution in [0.25, 0.3) is 0 Å². The third-order valence-corrected chi connectivity index (χ3v) is 3.47. The Labute approximate surface area is 126 Å². The van der Waals surface area contributed by atoms with E-state index in [2.05, 4.69) is 26.2 Å². The molecule has 1 heterocycles. The van der Waals surface area contributed by atoms with Gasteiger partial charge in [-0.25, -0.2) is 9.37 Å². The number of pyridine rings is 1. The third kappa shape index (κ3) is 3.05. The number of carbonyl (C=O) groups is 1. The summed E-state index contributed by atoms with van der Waals surface area (Å²) in [4.78, 5) is 15.7. The van der Waals surface area contributed by atoms with Gasteiger partial charge >= 0.3 is 0 Å². The number of anilines is 1. The van der Waals surface area contributed by atoms with Crippen molar-refractivity contribution in [3.05, 3.63) is 56.5 Å². The predicted molar refractivity (Wildman–Crippen MR) is 76.3 cm³/mol. The maximum absolute atomic E-state index is 13.7. The molecule has 0 saturated heterocycles. The first kappa shape index (κ1) is 14.2. The van der Waals surface area contributed by atoms with Crippen LogP contribution < -0.4 is 5.32 Å². The fraction of sp³-hybridized carbons (Fsp3) is 0. The van der Waals surface area contributed by atoms with Gasteiger partial charge in [0.05, 0.1) is 21.3 Å². The Balaban J connectivity index is 2.34. The standard InChI is InChI=1S/C12H6BrCl2FN2O/c13-11-10(16)8(4-5-17-11)18-12(19)9-6(14)2-1-3-7(9)15/h1-5H,(H,17,18,19). The van der Waals surface area contributed by atoms with Gasteiger partial charge in [0, 0.05) is 6.20 Å². The van der Waals surface area contributed by atoms with Gasteiger partial charge in [0.15, 0.2) is 5.82 Å². The average molecular weight is 364 g/mol. The zero-order valence-corrected chi connectivity index (χ0v) is 12.4. The summed E-state index contributed by atoms with van der Waals surface area (Å²) in [5, 5.41) is 2.78. The van der Waals surface area contributed by atoms with Crippen LogP contribution in [0.3, 0.4) is 0 Å². The molecule has 2 aromatic rings. The molecule has 1 aromatic carbocycles. The molecular weight excluding hydrogens is 358 g/mol. The molecule has 0 radical (unpaired) electrons. The summed E-state index contributed by atoms with van der Waals surface area (Å²) in [6, 6.07) is 6.01. The SMILES string of the molecule is O=C(Nc1ccnc(Br)c1F)c1c(Cl)cccc1Cl. The van der Waals surface area contributed by atoms with E-state index in [0.717, 1.165) is 0 Å². The third-order valence-electron chi connectivity index (χ3n) is 2.28. The lowest BCUT2D eigenvalue weighted by Gasteiger charge is -2.09. The summed E-state index contributed by atoms with van der Waals surface area (Å²) in [6.45, 7) is 0. The number of halogens is 4. The highest BCUT2D eigenvalue weighted by atomic mass is 79.9. The number of aromatic nitrogens is 1. The van der Waals surface area contributed by atoms with Crippen molar-refractivity contribution in [3.8, 4) is 0 Å². The molecule has 98 valence electrons. The molecule has 1 aromatic heterocycles. The van der Waals surface area contributed by atoms with Gasteiger partial charge in [-0.2, -0.15) is 0 Å². The van der Waals surface area contributed by atoms with Crippen LogP contribution in [-0.4, -0.2) is 10.9 Å². The van der Waals surface area contributed by atoms with E-state index >= 15 is 0 Å². The summed E-state index contributed by atoms with van der Waals surface area (Å²) in [5.74, 6) is -1.26. The van der Waals surface area contributed by atoms with Crippen LogP contribution in [0.5, 0.6) is 0 Å². The second-order valence-electron chi connectivity index (χ2n) is 3.51. The first-order chi connectivity index (χ1) is 9.00. The number of nitrogens with one attached hydrogen (secondary N) is 1. The number of carbonyl (C=O) groups excluding carboxylic acids is 1. The van der Waals surface area contributed by atoms with Crippen molar-refractivity contribution in [3.63, 3.8) is 0 Å². The molecule has 0 atom stereocenters. The van der Waals surface area contributed by atoms with E-state index in [1.54, 1.807) is 6.07 Å². The number of benzene rings is 1. The number of nitrogens with zero attached hydrogens (tertiary/aromatic N) is 1. The normalized spacial score (nSPS) is 10.3. The van der Waals surface area contributed by atoms with Crippen LogP contribution in [0.1, 0.15) is 10.4 Å². The molecule has 7 heteroatoms. The largest absolute Gasteiger partial charge is 0.319 e. The van der Waals surface area contributed by atoms with E-state index in [4.69, 9.17) is 23.2 Å². The molecular formula is C12H6BrCl2FN2O. The van der Waals surface area contributed by atoms with Gasteiger partial charge in [0.1, 0.15) is 4.60 Å². The Morgan fingerprint density at radius 3 is 2.53 bits per heavy atom. The van der Waals surface area contributed by atoms with Crippen molar-refractivity contribution in [2.75, 3.05) is 5.32 Å². The average Bonchev–Trinajstić information content (AvgIpc) is 2.35. The minimum Gasteiger partial charge on any atom is -0.319 e. The lowest BCUT2D eigenvalue weighted by Crippen LogP contribution is -2.14. The first-order valence-electron chi connectivity index (χ1n) is 5.06. The van der Waals surface area contributed by atoms with Crippen LogP contribution in [-0.2, 0) is 0 Å². The van der Waals surface area contributed by atoms with E-state index in [1.807, 2.05) is 0 Å². The highest BCUT2D eigenvalue weighted by Gasteiger charge is 2.17. The van der Waals surface area contributed by atoms with Crippen molar-refractivity contribution in [2.24, 2.45) is 0 Å². The van der Waals surface area contributed by atoms with Gasteiger partial charge in [-0.05, 0) is 34.1 Å². The van der Waals surface area contributed by atoms with Gasteiger partial charge in [-0.1, -0.05) is 29.3 Å². The predicted octanol–water partition coefficient (Wildman–Crippen LogP) is 4.54. The molecule has 0 unspecified atom stereocenters. The summed E-state index contributed by atoms with van der Waals surface area (Å²) >= 11 is 14.7. The second-order valence-corrected chi connectivity index (χ2v) is 5.08. The van der Waals surface area contributed by atoms with E-state index < -0.39 is 11.7 Å². The quantitative estimate of drug-likeness (QED) is 0.795. The smallest absolute Gasteiger partial charge is 0.258 e. The number of hydrogen-bond acceptors (Lipinski definition) is 2. The molecule has 1 N–H and O–H groups in total. The van der Waals surface area contributed by atoms with Gasteiger partial charge in [-0.3, -0.25) is 4.79 Å². The molecule has 0 aliphatic rings. The van der Waals surface area contributed by atoms with Gasteiger partial charge in [0.2, 0.25) is 0 Å². The molecule has 3 nitrogen and oxygen atoms in total. The minimum atomic E-state index is -0.668. The van der Waals surface area contributed by atoms with Crippen LogP contribution in [0, 0.1) is 5.82 Å². The maximum atomic E-state index is 13.7. The fourth-order valence-electron chi connectivity index (χ4n) is 1.41. The summed E-state index contributed by atoms with van der Waals surface area (Å²) < 4.78 is 13.7. The van der Waals surface area contributed by atoms with Crippen molar-refractivity contribution < 1.29 is 9.18 Å². The Hall–Kier alpha value is -1.17. The van der Waals surface area contributed by atoms with E-state index in [-0.39, 0.29) is 25.9 Å².